The Labute approximate surface area is 116 Å². The molecule has 20 heavy (non-hydrogen) atoms. The maximum Gasteiger partial charge on any atom is 0.143 e. The first-order chi connectivity index (χ1) is 9.79. The maximum atomic E-state index is 9.62. The van der Waals surface area contributed by atoms with Gasteiger partial charge in [-0.1, -0.05) is 30.3 Å². The summed E-state index contributed by atoms with van der Waals surface area (Å²) in [6.45, 7) is 2.00. The van der Waals surface area contributed by atoms with Crippen molar-refractivity contribution in [1.82, 2.24) is 15.0 Å². The lowest BCUT2D eigenvalue weighted by atomic mass is 10.1. The molecule has 5 nitrogen and oxygen atoms in total. The molecular formula is C15H16N4O. The van der Waals surface area contributed by atoms with Crippen molar-refractivity contribution in [3.05, 3.63) is 54.0 Å². The van der Waals surface area contributed by atoms with Crippen molar-refractivity contribution in [1.29, 1.82) is 0 Å². The van der Waals surface area contributed by atoms with Gasteiger partial charge in [-0.05, 0) is 18.1 Å². The molecule has 102 valence electrons. The number of hydrogen-bond donors (Lipinski definition) is 3. The molecule has 0 bridgehead atoms. The van der Waals surface area contributed by atoms with Crippen LogP contribution in [0.5, 0.6) is 0 Å². The van der Waals surface area contributed by atoms with Crippen molar-refractivity contribution in [3.8, 4) is 0 Å². The lowest BCUT2D eigenvalue weighted by molar-refractivity contribution is 0.276. The van der Waals surface area contributed by atoms with Gasteiger partial charge in [0.15, 0.2) is 0 Å². The number of aliphatic hydroxyl groups excluding tert-OH is 1. The van der Waals surface area contributed by atoms with Gasteiger partial charge in [-0.3, -0.25) is 0 Å². The second kappa shape index (κ2) is 5.30. The number of benzene rings is 1. The van der Waals surface area contributed by atoms with E-state index in [4.69, 9.17) is 0 Å². The first-order valence-electron chi connectivity index (χ1n) is 6.50. The van der Waals surface area contributed by atoms with Crippen molar-refractivity contribution in [3.63, 3.8) is 0 Å². The third-order valence-corrected chi connectivity index (χ3v) is 3.36. The lowest BCUT2D eigenvalue weighted by Crippen LogP contribution is -2.15. The van der Waals surface area contributed by atoms with Crippen LogP contribution in [0.4, 0.5) is 5.82 Å². The Balaban J connectivity index is 1.98. The lowest BCUT2D eigenvalue weighted by Gasteiger charge is -2.17. The molecule has 0 aliphatic carbocycles. The molecule has 3 rings (SSSR count). The van der Waals surface area contributed by atoms with E-state index in [0.717, 1.165) is 28.0 Å². The van der Waals surface area contributed by atoms with Crippen molar-refractivity contribution in [2.75, 3.05) is 11.9 Å². The number of aliphatic hydroxyl groups is 1. The molecule has 0 radical (unpaired) electrons. The van der Waals surface area contributed by atoms with Crippen LogP contribution in [0.15, 0.2) is 42.9 Å². The van der Waals surface area contributed by atoms with Gasteiger partial charge >= 0.3 is 0 Å². The molecule has 0 unspecified atom stereocenters. The van der Waals surface area contributed by atoms with Gasteiger partial charge in [0, 0.05) is 6.20 Å². The van der Waals surface area contributed by atoms with Gasteiger partial charge in [0.1, 0.15) is 17.8 Å². The minimum atomic E-state index is -0.191. The maximum absolute atomic E-state index is 9.62. The van der Waals surface area contributed by atoms with Crippen LogP contribution >= 0.6 is 0 Å². The van der Waals surface area contributed by atoms with Crippen LogP contribution in [0.3, 0.4) is 0 Å². The molecule has 0 amide bonds. The van der Waals surface area contributed by atoms with E-state index >= 15 is 0 Å². The molecule has 5 heteroatoms. The predicted molar refractivity (Wildman–Crippen MR) is 78.5 cm³/mol. The van der Waals surface area contributed by atoms with Crippen LogP contribution < -0.4 is 5.32 Å². The summed E-state index contributed by atoms with van der Waals surface area (Å²) in [5.41, 5.74) is 2.90. The average Bonchev–Trinajstić information content (AvgIpc) is 2.88. The fraction of sp³-hybridized carbons (Fsp3) is 0.200. The molecule has 1 atom stereocenters. The number of fused-ring (bicyclic) bond motifs is 1. The van der Waals surface area contributed by atoms with E-state index in [1.165, 1.54) is 6.33 Å². The standard InChI is InChI=1S/C15H16N4O/c1-10-7-16-14-13(10)15(18-9-17-14)19-12(8-20)11-5-3-2-4-6-11/h2-7,9,12,20H,8H2,1H3,(H2,16,17,18,19)/t12-/m1/s1. The molecule has 2 heterocycles. The number of rotatable bonds is 4. The quantitative estimate of drug-likeness (QED) is 0.679. The van der Waals surface area contributed by atoms with Gasteiger partial charge in [0.2, 0.25) is 0 Å². The van der Waals surface area contributed by atoms with E-state index in [9.17, 15) is 5.11 Å². The molecule has 0 aliphatic heterocycles. The summed E-state index contributed by atoms with van der Waals surface area (Å²) in [4.78, 5) is 11.6. The number of hydrogen-bond acceptors (Lipinski definition) is 4. The van der Waals surface area contributed by atoms with Crippen molar-refractivity contribution < 1.29 is 5.11 Å². The highest BCUT2D eigenvalue weighted by Crippen LogP contribution is 2.26. The predicted octanol–water partition coefficient (Wildman–Crippen LogP) is 2.41. The largest absolute Gasteiger partial charge is 0.394 e. The van der Waals surface area contributed by atoms with Gasteiger partial charge in [0.05, 0.1) is 18.0 Å². The number of aryl methyl sites for hydroxylation is 1. The smallest absolute Gasteiger partial charge is 0.143 e. The summed E-state index contributed by atoms with van der Waals surface area (Å²) in [6, 6.07) is 9.64. The van der Waals surface area contributed by atoms with Crippen molar-refractivity contribution >= 4 is 16.9 Å². The Morgan fingerprint density at radius 2 is 2.05 bits per heavy atom. The van der Waals surface area contributed by atoms with Crippen LogP contribution in [-0.2, 0) is 0 Å². The molecule has 0 saturated heterocycles. The van der Waals surface area contributed by atoms with Gasteiger partial charge in [-0.2, -0.15) is 0 Å². The first-order valence-corrected chi connectivity index (χ1v) is 6.50. The average molecular weight is 268 g/mol. The molecule has 3 N–H and O–H groups in total. The normalized spacial score (nSPS) is 12.5. The molecule has 0 aliphatic rings. The zero-order valence-electron chi connectivity index (χ0n) is 11.2. The Hall–Kier alpha value is -2.40. The number of anilines is 1. The number of nitrogens with one attached hydrogen (secondary N) is 2. The monoisotopic (exact) mass is 268 g/mol. The SMILES string of the molecule is Cc1c[nH]c2ncnc(N[C@H](CO)c3ccccc3)c12. The third kappa shape index (κ3) is 2.23. The van der Waals surface area contributed by atoms with E-state index in [2.05, 4.69) is 20.3 Å². The molecule has 0 saturated carbocycles. The Bertz CT molecular complexity index is 708. The van der Waals surface area contributed by atoms with E-state index in [-0.39, 0.29) is 12.6 Å². The minimum absolute atomic E-state index is 0.00101. The van der Waals surface area contributed by atoms with Gasteiger partial charge < -0.3 is 15.4 Å². The van der Waals surface area contributed by atoms with Crippen LogP contribution in [0.1, 0.15) is 17.2 Å². The third-order valence-electron chi connectivity index (χ3n) is 3.36. The van der Waals surface area contributed by atoms with Gasteiger partial charge in [-0.15, -0.1) is 0 Å². The molecule has 1 aromatic carbocycles. The van der Waals surface area contributed by atoms with E-state index in [1.54, 1.807) is 0 Å². The van der Waals surface area contributed by atoms with E-state index in [0.29, 0.717) is 0 Å². The topological polar surface area (TPSA) is 73.8 Å². The minimum Gasteiger partial charge on any atom is -0.394 e. The Morgan fingerprint density at radius 3 is 2.80 bits per heavy atom. The Kier molecular flexibility index (Phi) is 3.35. The molecule has 3 aromatic rings. The van der Waals surface area contributed by atoms with E-state index in [1.807, 2.05) is 43.5 Å². The second-order valence-electron chi connectivity index (χ2n) is 4.71. The highest BCUT2D eigenvalue weighted by atomic mass is 16.3. The first kappa shape index (κ1) is 12.6. The van der Waals surface area contributed by atoms with Crippen LogP contribution in [-0.4, -0.2) is 26.7 Å². The fourth-order valence-electron chi connectivity index (χ4n) is 2.31. The summed E-state index contributed by atoms with van der Waals surface area (Å²) >= 11 is 0. The molecule has 0 spiro atoms. The number of aromatic amines is 1. The van der Waals surface area contributed by atoms with Crippen molar-refractivity contribution in [2.45, 2.75) is 13.0 Å². The molecule has 0 fully saturated rings. The summed E-state index contributed by atoms with van der Waals surface area (Å²) < 4.78 is 0. The number of nitrogens with zero attached hydrogens (tertiary/aromatic N) is 2. The van der Waals surface area contributed by atoms with Crippen LogP contribution in [0.25, 0.3) is 11.0 Å². The highest BCUT2D eigenvalue weighted by Gasteiger charge is 2.14. The summed E-state index contributed by atoms with van der Waals surface area (Å²) in [5, 5.41) is 13.9. The fourth-order valence-corrected chi connectivity index (χ4v) is 2.31. The van der Waals surface area contributed by atoms with Gasteiger partial charge in [-0.25, -0.2) is 9.97 Å². The molecular weight excluding hydrogens is 252 g/mol. The Morgan fingerprint density at radius 1 is 1.25 bits per heavy atom. The van der Waals surface area contributed by atoms with Gasteiger partial charge in [0.25, 0.3) is 0 Å². The second-order valence-corrected chi connectivity index (χ2v) is 4.71. The highest BCUT2D eigenvalue weighted by molar-refractivity contribution is 5.90. The van der Waals surface area contributed by atoms with Crippen LogP contribution in [0.2, 0.25) is 0 Å². The zero-order chi connectivity index (χ0) is 13.9. The summed E-state index contributed by atoms with van der Waals surface area (Å²) in [5.74, 6) is 0.733. The number of aromatic nitrogens is 3. The van der Waals surface area contributed by atoms with Crippen LogP contribution in [0, 0.1) is 6.92 Å². The zero-order valence-corrected chi connectivity index (χ0v) is 11.2. The van der Waals surface area contributed by atoms with Crippen molar-refractivity contribution in [2.24, 2.45) is 0 Å². The van der Waals surface area contributed by atoms with E-state index < -0.39 is 0 Å². The molecule has 2 aromatic heterocycles. The summed E-state index contributed by atoms with van der Waals surface area (Å²) in [7, 11) is 0. The summed E-state index contributed by atoms with van der Waals surface area (Å²) in [6.07, 6.45) is 3.42. The number of H-pyrrole nitrogens is 1.